The molecule has 2 heterocycles. The Hall–Kier alpha value is -3.86. The lowest BCUT2D eigenvalue weighted by Gasteiger charge is -2.30. The number of nitrogens with zero attached hydrogens (tertiary/aromatic N) is 2. The third-order valence-corrected chi connectivity index (χ3v) is 7.59. The van der Waals surface area contributed by atoms with Crippen LogP contribution >= 0.6 is 0 Å². The lowest BCUT2D eigenvalue weighted by Crippen LogP contribution is -2.35. The number of fused-ring (bicyclic) bond motifs is 3. The number of anilines is 1. The summed E-state index contributed by atoms with van der Waals surface area (Å²) in [6, 6.07) is 23.3. The number of hydrogen-bond donors (Lipinski definition) is 0. The summed E-state index contributed by atoms with van der Waals surface area (Å²) in [4.78, 5) is 0.187. The van der Waals surface area contributed by atoms with Gasteiger partial charge in [0.1, 0.15) is 17.4 Å². The van der Waals surface area contributed by atoms with Crippen molar-refractivity contribution in [2.45, 2.75) is 17.9 Å². The van der Waals surface area contributed by atoms with Crippen LogP contribution < -0.4 is 4.31 Å². The topological polar surface area (TPSA) is 83.5 Å². The Kier molecular flexibility index (Phi) is 5.48. The molecule has 1 aliphatic rings. The van der Waals surface area contributed by atoms with E-state index in [-0.39, 0.29) is 18.0 Å². The second-order valence-corrected chi connectivity index (χ2v) is 10.2. The predicted octanol–water partition coefficient (Wildman–Crippen LogP) is 5.48. The van der Waals surface area contributed by atoms with E-state index in [1.54, 1.807) is 48.5 Å². The van der Waals surface area contributed by atoms with Crippen LogP contribution in [0.3, 0.4) is 0 Å². The van der Waals surface area contributed by atoms with Crippen molar-refractivity contribution >= 4 is 26.7 Å². The minimum atomic E-state index is -3.94. The number of nitriles is 1. The van der Waals surface area contributed by atoms with Crippen LogP contribution in [0.1, 0.15) is 28.6 Å². The number of benzene rings is 3. The Morgan fingerprint density at radius 2 is 1.82 bits per heavy atom. The lowest BCUT2D eigenvalue weighted by atomic mass is 10.0. The van der Waals surface area contributed by atoms with Crippen LogP contribution in [0.25, 0.3) is 11.0 Å². The van der Waals surface area contributed by atoms with Gasteiger partial charge in [-0.05, 0) is 54.5 Å². The van der Waals surface area contributed by atoms with Gasteiger partial charge in [-0.1, -0.05) is 48.5 Å². The first-order valence-electron chi connectivity index (χ1n) is 10.8. The zero-order chi connectivity index (χ0) is 23.9. The van der Waals surface area contributed by atoms with Gasteiger partial charge in [-0.2, -0.15) is 5.26 Å². The standard InChI is InChI=1S/C27H22N2O4S/c1-18-10-12-22(13-11-18)34(30,31)29-16-19(2)17-32-26(21-7-5-6-20(14-21)15-28)27-25(29)23-8-3-4-9-24(23)33-27/h3-14,26H,2,16-17H2,1H3. The van der Waals surface area contributed by atoms with E-state index in [9.17, 15) is 13.7 Å². The molecule has 34 heavy (non-hydrogen) atoms. The third-order valence-electron chi connectivity index (χ3n) is 5.83. The van der Waals surface area contributed by atoms with E-state index < -0.39 is 16.1 Å². The Balaban J connectivity index is 1.77. The minimum Gasteiger partial charge on any atom is -0.456 e. The zero-order valence-electron chi connectivity index (χ0n) is 18.6. The summed E-state index contributed by atoms with van der Waals surface area (Å²) in [6.45, 7) is 6.17. The first-order chi connectivity index (χ1) is 16.4. The van der Waals surface area contributed by atoms with Gasteiger partial charge in [0.25, 0.3) is 10.0 Å². The van der Waals surface area contributed by atoms with Crippen molar-refractivity contribution in [2.75, 3.05) is 17.5 Å². The number of furan rings is 1. The Morgan fingerprint density at radius 1 is 1.06 bits per heavy atom. The molecule has 170 valence electrons. The second kappa shape index (κ2) is 8.49. The average molecular weight is 471 g/mol. The number of rotatable bonds is 3. The number of sulfonamides is 1. The Labute approximate surface area is 198 Å². The summed E-state index contributed by atoms with van der Waals surface area (Å²) in [5.41, 5.74) is 3.72. The van der Waals surface area contributed by atoms with Crippen molar-refractivity contribution in [3.63, 3.8) is 0 Å². The van der Waals surface area contributed by atoms with Crippen LogP contribution in [0.5, 0.6) is 0 Å². The summed E-state index contributed by atoms with van der Waals surface area (Å²) < 4.78 is 41.6. The van der Waals surface area contributed by atoms with E-state index in [0.717, 1.165) is 5.56 Å². The molecule has 0 amide bonds. The molecule has 5 rings (SSSR count). The smallest absolute Gasteiger partial charge is 0.264 e. The van der Waals surface area contributed by atoms with E-state index >= 15 is 0 Å². The lowest BCUT2D eigenvalue weighted by molar-refractivity contribution is 0.0821. The van der Waals surface area contributed by atoms with Gasteiger partial charge in [0.15, 0.2) is 5.76 Å². The fraction of sp³-hybridized carbons (Fsp3) is 0.148. The van der Waals surface area contributed by atoms with Gasteiger partial charge in [0.2, 0.25) is 0 Å². The largest absolute Gasteiger partial charge is 0.456 e. The Bertz CT molecular complexity index is 1550. The maximum Gasteiger partial charge on any atom is 0.264 e. The van der Waals surface area contributed by atoms with Crippen molar-refractivity contribution in [3.8, 4) is 6.07 Å². The summed E-state index contributed by atoms with van der Waals surface area (Å²) in [5.74, 6) is 0.375. The van der Waals surface area contributed by atoms with Crippen molar-refractivity contribution in [2.24, 2.45) is 0 Å². The van der Waals surface area contributed by atoms with Gasteiger partial charge in [0, 0.05) is 5.39 Å². The molecule has 1 aromatic heterocycles. The maximum absolute atomic E-state index is 13.9. The highest BCUT2D eigenvalue weighted by molar-refractivity contribution is 7.92. The van der Waals surface area contributed by atoms with Crippen molar-refractivity contribution in [1.29, 1.82) is 5.26 Å². The van der Waals surface area contributed by atoms with Crippen LogP contribution in [-0.2, 0) is 14.8 Å². The van der Waals surface area contributed by atoms with E-state index in [0.29, 0.717) is 39.1 Å². The van der Waals surface area contributed by atoms with Gasteiger partial charge >= 0.3 is 0 Å². The molecular formula is C27H22N2O4S. The first-order valence-corrected chi connectivity index (χ1v) is 12.2. The number of aryl methyl sites for hydroxylation is 1. The highest BCUT2D eigenvalue weighted by atomic mass is 32.2. The highest BCUT2D eigenvalue weighted by Crippen LogP contribution is 2.44. The van der Waals surface area contributed by atoms with Crippen molar-refractivity contribution < 1.29 is 17.6 Å². The monoisotopic (exact) mass is 470 g/mol. The summed E-state index contributed by atoms with van der Waals surface area (Å²) in [7, 11) is -3.94. The minimum absolute atomic E-state index is 0.0533. The van der Waals surface area contributed by atoms with Gasteiger partial charge in [-0.15, -0.1) is 0 Å². The first kappa shape index (κ1) is 22.0. The third kappa shape index (κ3) is 3.77. The molecule has 0 saturated carbocycles. The summed E-state index contributed by atoms with van der Waals surface area (Å²) in [5, 5.41) is 10.1. The maximum atomic E-state index is 13.9. The molecular weight excluding hydrogens is 448 g/mol. The molecule has 0 fully saturated rings. The molecule has 3 aromatic carbocycles. The van der Waals surface area contributed by atoms with Gasteiger partial charge in [-0.3, -0.25) is 4.31 Å². The molecule has 0 bridgehead atoms. The van der Waals surface area contributed by atoms with E-state index in [1.807, 2.05) is 31.2 Å². The van der Waals surface area contributed by atoms with Crippen LogP contribution in [0, 0.1) is 18.3 Å². The van der Waals surface area contributed by atoms with Crippen molar-refractivity contribution in [3.05, 3.63) is 107 Å². The van der Waals surface area contributed by atoms with E-state index in [1.165, 1.54) is 4.31 Å². The summed E-state index contributed by atoms with van der Waals surface area (Å²) >= 11 is 0. The number of ether oxygens (including phenoxy) is 1. The molecule has 0 N–H and O–H groups in total. The molecule has 0 saturated heterocycles. The average Bonchev–Trinajstić information content (AvgIpc) is 3.20. The van der Waals surface area contributed by atoms with Crippen LogP contribution in [0.15, 0.2) is 94.3 Å². The second-order valence-electron chi connectivity index (χ2n) is 8.31. The number of para-hydroxylation sites is 1. The van der Waals surface area contributed by atoms with Crippen LogP contribution in [-0.4, -0.2) is 21.6 Å². The van der Waals surface area contributed by atoms with Crippen LogP contribution in [0.4, 0.5) is 5.69 Å². The molecule has 0 radical (unpaired) electrons. The van der Waals surface area contributed by atoms with Gasteiger partial charge in [-0.25, -0.2) is 8.42 Å². The van der Waals surface area contributed by atoms with Gasteiger partial charge in [0.05, 0.1) is 29.7 Å². The Morgan fingerprint density at radius 3 is 2.59 bits per heavy atom. The fourth-order valence-electron chi connectivity index (χ4n) is 4.15. The highest BCUT2D eigenvalue weighted by Gasteiger charge is 2.36. The molecule has 1 unspecified atom stereocenters. The van der Waals surface area contributed by atoms with Crippen molar-refractivity contribution in [1.82, 2.24) is 0 Å². The molecule has 1 aliphatic heterocycles. The summed E-state index contributed by atoms with van der Waals surface area (Å²) in [6.07, 6.45) is -0.719. The molecule has 6 nitrogen and oxygen atoms in total. The zero-order valence-corrected chi connectivity index (χ0v) is 19.4. The molecule has 7 heteroatoms. The quantitative estimate of drug-likeness (QED) is 0.370. The van der Waals surface area contributed by atoms with Crippen LogP contribution in [0.2, 0.25) is 0 Å². The number of hydrogen-bond acceptors (Lipinski definition) is 5. The van der Waals surface area contributed by atoms with Gasteiger partial charge < -0.3 is 9.15 Å². The fourth-order valence-corrected chi connectivity index (χ4v) is 5.67. The molecule has 4 aromatic rings. The normalized spacial score (nSPS) is 16.5. The SMILES string of the molecule is C=C1COC(c2cccc(C#N)c2)c2oc3ccccc3c2N(S(=O)(=O)c2ccc(C)cc2)C1. The predicted molar refractivity (Wildman–Crippen MR) is 130 cm³/mol. The molecule has 0 spiro atoms. The molecule has 1 atom stereocenters. The van der Waals surface area contributed by atoms with E-state index in [4.69, 9.17) is 9.15 Å². The molecule has 0 aliphatic carbocycles. The van der Waals surface area contributed by atoms with E-state index in [2.05, 4.69) is 12.6 Å².